The molecule has 0 aliphatic heterocycles. The molecule has 0 spiro atoms. The third-order valence-electron chi connectivity index (χ3n) is 3.54. The number of hydrogen-bond acceptors (Lipinski definition) is 5. The van der Waals surface area contributed by atoms with Crippen LogP contribution in [0.4, 0.5) is 0 Å². The van der Waals surface area contributed by atoms with E-state index in [9.17, 15) is 4.79 Å². The van der Waals surface area contributed by atoms with Gasteiger partial charge in [0, 0.05) is 24.6 Å². The highest BCUT2D eigenvalue weighted by Crippen LogP contribution is 2.16. The average Bonchev–Trinajstić information content (AvgIpc) is 3.06. The molecule has 1 heterocycles. The number of carbonyl (C=O) groups is 1. The van der Waals surface area contributed by atoms with Crippen LogP contribution in [0.5, 0.6) is 5.75 Å². The van der Waals surface area contributed by atoms with Gasteiger partial charge in [0.15, 0.2) is 0 Å². The molecule has 1 amide bonds. The Kier molecular flexibility index (Phi) is 4.56. The van der Waals surface area contributed by atoms with Gasteiger partial charge in [-0.2, -0.15) is 4.98 Å². The molecule has 2 aromatic carbocycles. The van der Waals surface area contributed by atoms with Gasteiger partial charge in [-0.15, -0.1) is 0 Å². The summed E-state index contributed by atoms with van der Waals surface area (Å²) in [5, 5.41) is 6.74. The topological polar surface area (TPSA) is 77.2 Å². The molecule has 0 atom stereocenters. The number of nitrogens with one attached hydrogen (secondary N) is 1. The maximum Gasteiger partial charge on any atom is 0.251 e. The summed E-state index contributed by atoms with van der Waals surface area (Å²) in [4.78, 5) is 16.4. The van der Waals surface area contributed by atoms with Crippen molar-refractivity contribution in [3.8, 4) is 17.1 Å². The molecule has 0 aliphatic carbocycles. The van der Waals surface area contributed by atoms with Crippen LogP contribution in [0.25, 0.3) is 11.4 Å². The number of aromatic nitrogens is 2. The summed E-state index contributed by atoms with van der Waals surface area (Å²) in [5.74, 6) is 1.67. The van der Waals surface area contributed by atoms with Crippen LogP contribution < -0.4 is 10.1 Å². The molecule has 0 aliphatic rings. The number of aryl methyl sites for hydroxylation is 1. The predicted octanol–water partition coefficient (Wildman–Crippen LogP) is 2.98. The lowest BCUT2D eigenvalue weighted by Crippen LogP contribution is -2.22. The summed E-state index contributed by atoms with van der Waals surface area (Å²) in [6.07, 6.45) is 0. The molecule has 0 fully saturated rings. The highest BCUT2D eigenvalue weighted by molar-refractivity contribution is 5.94. The largest absolute Gasteiger partial charge is 0.497 e. The van der Waals surface area contributed by atoms with Crippen molar-refractivity contribution >= 4 is 5.91 Å². The smallest absolute Gasteiger partial charge is 0.251 e. The molecular formula is C18H17N3O3. The summed E-state index contributed by atoms with van der Waals surface area (Å²) < 4.78 is 10.1. The van der Waals surface area contributed by atoms with E-state index in [-0.39, 0.29) is 5.91 Å². The van der Waals surface area contributed by atoms with E-state index in [1.807, 2.05) is 24.3 Å². The fraction of sp³-hybridized carbons (Fsp3) is 0.167. The highest BCUT2D eigenvalue weighted by Gasteiger charge is 2.09. The van der Waals surface area contributed by atoms with E-state index in [0.29, 0.717) is 23.8 Å². The van der Waals surface area contributed by atoms with Crippen molar-refractivity contribution in [1.82, 2.24) is 15.5 Å². The summed E-state index contributed by atoms with van der Waals surface area (Å²) in [5.41, 5.74) is 2.38. The second-order valence-electron chi connectivity index (χ2n) is 5.25. The van der Waals surface area contributed by atoms with E-state index in [1.54, 1.807) is 38.3 Å². The first-order valence-electron chi connectivity index (χ1n) is 7.47. The lowest BCUT2D eigenvalue weighted by molar-refractivity contribution is 0.0951. The number of benzene rings is 2. The Morgan fingerprint density at radius 3 is 2.42 bits per heavy atom. The van der Waals surface area contributed by atoms with Crippen LogP contribution in [-0.4, -0.2) is 23.2 Å². The van der Waals surface area contributed by atoms with Gasteiger partial charge in [-0.05, 0) is 29.8 Å². The van der Waals surface area contributed by atoms with Crippen molar-refractivity contribution in [2.24, 2.45) is 0 Å². The third kappa shape index (κ3) is 3.60. The number of hydrogen-bond donors (Lipinski definition) is 1. The number of nitrogens with zero attached hydrogens (tertiary/aromatic N) is 2. The Morgan fingerprint density at radius 1 is 1.12 bits per heavy atom. The Labute approximate surface area is 139 Å². The van der Waals surface area contributed by atoms with Crippen molar-refractivity contribution in [2.75, 3.05) is 7.11 Å². The van der Waals surface area contributed by atoms with Crippen LogP contribution in [0.3, 0.4) is 0 Å². The zero-order valence-corrected chi connectivity index (χ0v) is 13.4. The van der Waals surface area contributed by atoms with Crippen LogP contribution in [0.1, 0.15) is 21.8 Å². The van der Waals surface area contributed by atoms with Crippen LogP contribution >= 0.6 is 0 Å². The van der Waals surface area contributed by atoms with Crippen LogP contribution in [0, 0.1) is 6.92 Å². The van der Waals surface area contributed by atoms with E-state index in [4.69, 9.17) is 9.26 Å². The lowest BCUT2D eigenvalue weighted by Gasteiger charge is -2.07. The molecule has 122 valence electrons. The first-order valence-corrected chi connectivity index (χ1v) is 7.47. The van der Waals surface area contributed by atoms with Crippen LogP contribution in [-0.2, 0) is 6.54 Å². The number of ether oxygens (including phenoxy) is 1. The fourth-order valence-corrected chi connectivity index (χ4v) is 2.21. The monoisotopic (exact) mass is 323 g/mol. The van der Waals surface area contributed by atoms with Gasteiger partial charge in [0.2, 0.25) is 11.7 Å². The van der Waals surface area contributed by atoms with E-state index in [1.165, 1.54) is 0 Å². The van der Waals surface area contributed by atoms with Gasteiger partial charge in [0.05, 0.1) is 7.11 Å². The predicted molar refractivity (Wildman–Crippen MR) is 88.6 cm³/mol. The van der Waals surface area contributed by atoms with Crippen molar-refractivity contribution in [3.05, 3.63) is 65.5 Å². The molecule has 6 nitrogen and oxygen atoms in total. The SMILES string of the molecule is COc1ccc(CNC(=O)c2ccc(-c3noc(C)n3)cc2)cc1. The van der Waals surface area contributed by atoms with E-state index in [2.05, 4.69) is 15.5 Å². The normalized spacial score (nSPS) is 10.4. The molecule has 0 radical (unpaired) electrons. The molecule has 0 saturated heterocycles. The van der Waals surface area contributed by atoms with Crippen molar-refractivity contribution < 1.29 is 14.1 Å². The molecule has 24 heavy (non-hydrogen) atoms. The van der Waals surface area contributed by atoms with E-state index >= 15 is 0 Å². The minimum absolute atomic E-state index is 0.137. The van der Waals surface area contributed by atoms with Gasteiger partial charge in [0.25, 0.3) is 5.91 Å². The first kappa shape index (κ1) is 15.7. The lowest BCUT2D eigenvalue weighted by atomic mass is 10.1. The molecule has 3 aromatic rings. The molecule has 0 bridgehead atoms. The number of methoxy groups -OCH3 is 1. The number of amides is 1. The molecule has 0 saturated carbocycles. The number of carbonyl (C=O) groups excluding carboxylic acids is 1. The standard InChI is InChI=1S/C18H17N3O3/c1-12-20-17(21-24-12)14-5-7-15(8-6-14)18(22)19-11-13-3-9-16(23-2)10-4-13/h3-10H,11H2,1-2H3,(H,19,22). The minimum atomic E-state index is -0.137. The zero-order valence-electron chi connectivity index (χ0n) is 13.4. The van der Waals surface area contributed by atoms with E-state index < -0.39 is 0 Å². The third-order valence-corrected chi connectivity index (χ3v) is 3.54. The van der Waals surface area contributed by atoms with Crippen molar-refractivity contribution in [2.45, 2.75) is 13.5 Å². The zero-order chi connectivity index (χ0) is 16.9. The molecule has 3 rings (SSSR count). The fourth-order valence-electron chi connectivity index (χ4n) is 2.21. The molecule has 1 N–H and O–H groups in total. The van der Waals surface area contributed by atoms with Gasteiger partial charge < -0.3 is 14.6 Å². The van der Waals surface area contributed by atoms with Crippen molar-refractivity contribution in [3.63, 3.8) is 0 Å². The highest BCUT2D eigenvalue weighted by atomic mass is 16.5. The second kappa shape index (κ2) is 6.95. The first-order chi connectivity index (χ1) is 11.7. The maximum atomic E-state index is 12.2. The molecule has 0 unspecified atom stereocenters. The Hall–Kier alpha value is -3.15. The molecular weight excluding hydrogens is 306 g/mol. The van der Waals surface area contributed by atoms with Gasteiger partial charge in [-0.1, -0.05) is 29.4 Å². The molecule has 1 aromatic heterocycles. The minimum Gasteiger partial charge on any atom is -0.497 e. The number of rotatable bonds is 5. The maximum absolute atomic E-state index is 12.2. The van der Waals surface area contributed by atoms with E-state index in [0.717, 1.165) is 16.9 Å². The van der Waals surface area contributed by atoms with Crippen LogP contribution in [0.2, 0.25) is 0 Å². The summed E-state index contributed by atoms with van der Waals surface area (Å²) in [6, 6.07) is 14.6. The van der Waals surface area contributed by atoms with Crippen molar-refractivity contribution in [1.29, 1.82) is 0 Å². The van der Waals surface area contributed by atoms with Gasteiger partial charge in [0.1, 0.15) is 5.75 Å². The average molecular weight is 323 g/mol. The summed E-state index contributed by atoms with van der Waals surface area (Å²) in [6.45, 7) is 2.19. The molecule has 6 heteroatoms. The Balaban J connectivity index is 1.62. The quantitative estimate of drug-likeness (QED) is 0.781. The van der Waals surface area contributed by atoms with Gasteiger partial charge in [-0.25, -0.2) is 0 Å². The Morgan fingerprint density at radius 2 is 1.83 bits per heavy atom. The Bertz CT molecular complexity index is 823. The second-order valence-corrected chi connectivity index (χ2v) is 5.25. The summed E-state index contributed by atoms with van der Waals surface area (Å²) >= 11 is 0. The van der Waals surface area contributed by atoms with Gasteiger partial charge in [-0.3, -0.25) is 4.79 Å². The van der Waals surface area contributed by atoms with Gasteiger partial charge >= 0.3 is 0 Å². The summed E-state index contributed by atoms with van der Waals surface area (Å²) in [7, 11) is 1.62. The van der Waals surface area contributed by atoms with Crippen LogP contribution in [0.15, 0.2) is 53.1 Å².